The van der Waals surface area contributed by atoms with Gasteiger partial charge in [0.05, 0.1) is 0 Å². The summed E-state index contributed by atoms with van der Waals surface area (Å²) < 4.78 is 38.0. The first kappa shape index (κ1) is 12.5. The quantitative estimate of drug-likeness (QED) is 0.835. The normalized spacial score (nSPS) is 15.5. The van der Waals surface area contributed by atoms with Crippen LogP contribution in [0.2, 0.25) is 0 Å². The molecule has 88 valence electrons. The SMILES string of the molecule is NC(C(=O)O)C(c1ccccc1)C(F)(F)F. The maximum Gasteiger partial charge on any atom is 0.397 e. The van der Waals surface area contributed by atoms with Crippen LogP contribution in [0.5, 0.6) is 0 Å². The number of halogens is 3. The summed E-state index contributed by atoms with van der Waals surface area (Å²) in [5, 5.41) is 8.55. The molecule has 0 bridgehead atoms. The number of carbonyl (C=O) groups is 1. The Morgan fingerprint density at radius 1 is 1.25 bits per heavy atom. The zero-order valence-corrected chi connectivity index (χ0v) is 8.11. The van der Waals surface area contributed by atoms with Crippen LogP contribution in [-0.4, -0.2) is 23.3 Å². The van der Waals surface area contributed by atoms with Crippen LogP contribution in [0.15, 0.2) is 30.3 Å². The number of nitrogens with two attached hydrogens (primary N) is 1. The van der Waals surface area contributed by atoms with E-state index in [9.17, 15) is 18.0 Å². The summed E-state index contributed by atoms with van der Waals surface area (Å²) in [4.78, 5) is 10.5. The lowest BCUT2D eigenvalue weighted by Crippen LogP contribution is -2.43. The number of carboxylic acids is 1. The van der Waals surface area contributed by atoms with Gasteiger partial charge in [0.15, 0.2) is 0 Å². The van der Waals surface area contributed by atoms with E-state index in [1.54, 1.807) is 6.07 Å². The molecule has 0 amide bonds. The van der Waals surface area contributed by atoms with Crippen LogP contribution < -0.4 is 5.73 Å². The van der Waals surface area contributed by atoms with Crippen molar-refractivity contribution in [3.8, 4) is 0 Å². The first-order chi connectivity index (χ1) is 7.34. The molecule has 0 saturated heterocycles. The lowest BCUT2D eigenvalue weighted by atomic mass is 9.91. The molecule has 6 heteroatoms. The molecule has 0 saturated carbocycles. The van der Waals surface area contributed by atoms with Gasteiger partial charge in [-0.1, -0.05) is 30.3 Å². The topological polar surface area (TPSA) is 63.3 Å². The van der Waals surface area contributed by atoms with Gasteiger partial charge >= 0.3 is 12.1 Å². The van der Waals surface area contributed by atoms with Gasteiger partial charge in [-0.25, -0.2) is 0 Å². The summed E-state index contributed by atoms with van der Waals surface area (Å²) >= 11 is 0. The lowest BCUT2D eigenvalue weighted by Gasteiger charge is -2.23. The lowest BCUT2D eigenvalue weighted by molar-refractivity contribution is -0.167. The Morgan fingerprint density at radius 3 is 2.12 bits per heavy atom. The Labute approximate surface area is 89.7 Å². The maximum absolute atomic E-state index is 12.7. The average Bonchev–Trinajstić information content (AvgIpc) is 2.17. The van der Waals surface area contributed by atoms with Crippen molar-refractivity contribution in [3.05, 3.63) is 35.9 Å². The predicted molar refractivity (Wildman–Crippen MR) is 50.8 cm³/mol. The number of hydrogen-bond acceptors (Lipinski definition) is 2. The van der Waals surface area contributed by atoms with Gasteiger partial charge in [-0.05, 0) is 5.56 Å². The van der Waals surface area contributed by atoms with Crippen molar-refractivity contribution in [1.29, 1.82) is 0 Å². The van der Waals surface area contributed by atoms with E-state index >= 15 is 0 Å². The number of carboxylic acid groups (broad SMARTS) is 1. The molecule has 0 aliphatic heterocycles. The van der Waals surface area contributed by atoms with E-state index in [0.717, 1.165) is 0 Å². The van der Waals surface area contributed by atoms with E-state index in [0.29, 0.717) is 0 Å². The molecule has 2 unspecified atom stereocenters. The maximum atomic E-state index is 12.7. The van der Waals surface area contributed by atoms with Crippen LogP contribution >= 0.6 is 0 Å². The summed E-state index contributed by atoms with van der Waals surface area (Å²) in [6.45, 7) is 0. The molecule has 2 atom stereocenters. The Bertz CT molecular complexity index is 364. The Morgan fingerprint density at radius 2 is 1.75 bits per heavy atom. The smallest absolute Gasteiger partial charge is 0.397 e. The number of aliphatic carboxylic acids is 1. The van der Waals surface area contributed by atoms with Gasteiger partial charge in [-0.3, -0.25) is 4.79 Å². The molecule has 0 aliphatic carbocycles. The molecular formula is C10H10F3NO2. The summed E-state index contributed by atoms with van der Waals surface area (Å²) in [6, 6.07) is 4.78. The monoisotopic (exact) mass is 233 g/mol. The first-order valence-corrected chi connectivity index (χ1v) is 4.44. The van der Waals surface area contributed by atoms with E-state index < -0.39 is 24.1 Å². The molecule has 1 rings (SSSR count). The van der Waals surface area contributed by atoms with Crippen LogP contribution in [0, 0.1) is 0 Å². The minimum absolute atomic E-state index is 0.148. The van der Waals surface area contributed by atoms with Crippen LogP contribution in [0.1, 0.15) is 11.5 Å². The standard InChI is InChI=1S/C10H10F3NO2/c11-10(12,13)7(8(14)9(15)16)6-4-2-1-3-5-6/h1-5,7-8H,14H2,(H,15,16). The average molecular weight is 233 g/mol. The van der Waals surface area contributed by atoms with Crippen LogP contribution in [0.4, 0.5) is 13.2 Å². The van der Waals surface area contributed by atoms with Gasteiger partial charge < -0.3 is 10.8 Å². The minimum atomic E-state index is -4.68. The second-order valence-corrected chi connectivity index (χ2v) is 3.29. The number of rotatable bonds is 3. The van der Waals surface area contributed by atoms with Crippen molar-refractivity contribution in [2.75, 3.05) is 0 Å². The van der Waals surface area contributed by atoms with E-state index in [1.165, 1.54) is 24.3 Å². The third-order valence-corrected chi connectivity index (χ3v) is 2.16. The minimum Gasteiger partial charge on any atom is -0.480 e. The third kappa shape index (κ3) is 2.73. The molecule has 3 nitrogen and oxygen atoms in total. The number of alkyl halides is 3. The van der Waals surface area contributed by atoms with Crippen molar-refractivity contribution < 1.29 is 23.1 Å². The van der Waals surface area contributed by atoms with E-state index in [2.05, 4.69) is 0 Å². The number of benzene rings is 1. The molecule has 1 aromatic carbocycles. The molecule has 0 fully saturated rings. The summed E-state index contributed by atoms with van der Waals surface area (Å²) in [7, 11) is 0. The zero-order valence-electron chi connectivity index (χ0n) is 8.11. The Balaban J connectivity index is 3.12. The molecule has 0 radical (unpaired) electrons. The zero-order chi connectivity index (χ0) is 12.3. The van der Waals surface area contributed by atoms with Gasteiger partial charge in [0.25, 0.3) is 0 Å². The Kier molecular flexibility index (Phi) is 3.54. The van der Waals surface area contributed by atoms with E-state index in [-0.39, 0.29) is 5.56 Å². The van der Waals surface area contributed by atoms with E-state index in [4.69, 9.17) is 10.8 Å². The fourth-order valence-corrected chi connectivity index (χ4v) is 1.40. The van der Waals surface area contributed by atoms with Gasteiger partial charge in [-0.15, -0.1) is 0 Å². The third-order valence-electron chi connectivity index (χ3n) is 2.16. The van der Waals surface area contributed by atoms with Gasteiger partial charge in [0, 0.05) is 0 Å². The van der Waals surface area contributed by atoms with Crippen LogP contribution in [0.25, 0.3) is 0 Å². The van der Waals surface area contributed by atoms with Crippen molar-refractivity contribution >= 4 is 5.97 Å². The molecule has 0 spiro atoms. The molecule has 0 aromatic heterocycles. The molecule has 0 aliphatic rings. The van der Waals surface area contributed by atoms with Gasteiger partial charge in [-0.2, -0.15) is 13.2 Å². The largest absolute Gasteiger partial charge is 0.480 e. The molecule has 16 heavy (non-hydrogen) atoms. The second kappa shape index (κ2) is 4.52. The second-order valence-electron chi connectivity index (χ2n) is 3.29. The Hall–Kier alpha value is -1.56. The highest BCUT2D eigenvalue weighted by Gasteiger charge is 2.47. The molecule has 3 N–H and O–H groups in total. The van der Waals surface area contributed by atoms with Crippen molar-refractivity contribution in [1.82, 2.24) is 0 Å². The molecule has 1 aromatic rings. The van der Waals surface area contributed by atoms with Crippen LogP contribution in [-0.2, 0) is 4.79 Å². The fourth-order valence-electron chi connectivity index (χ4n) is 1.40. The summed E-state index contributed by atoms with van der Waals surface area (Å²) in [6.07, 6.45) is -4.68. The van der Waals surface area contributed by atoms with Crippen molar-refractivity contribution in [2.45, 2.75) is 18.1 Å². The van der Waals surface area contributed by atoms with Crippen molar-refractivity contribution in [3.63, 3.8) is 0 Å². The van der Waals surface area contributed by atoms with E-state index in [1.807, 2.05) is 0 Å². The first-order valence-electron chi connectivity index (χ1n) is 4.44. The highest BCUT2D eigenvalue weighted by molar-refractivity contribution is 5.74. The predicted octanol–water partition coefficient (Wildman–Crippen LogP) is 1.74. The highest BCUT2D eigenvalue weighted by Crippen LogP contribution is 2.36. The number of hydrogen-bond donors (Lipinski definition) is 2. The highest BCUT2D eigenvalue weighted by atomic mass is 19.4. The summed E-state index contributed by atoms with van der Waals surface area (Å²) in [5.74, 6) is -3.86. The molecular weight excluding hydrogens is 223 g/mol. The molecule has 0 heterocycles. The van der Waals surface area contributed by atoms with Gasteiger partial charge in [0.2, 0.25) is 0 Å². The van der Waals surface area contributed by atoms with Gasteiger partial charge in [0.1, 0.15) is 12.0 Å². The van der Waals surface area contributed by atoms with Crippen molar-refractivity contribution in [2.24, 2.45) is 5.73 Å². The fraction of sp³-hybridized carbons (Fsp3) is 0.300. The summed E-state index contributed by atoms with van der Waals surface area (Å²) in [5.41, 5.74) is 4.91. The van der Waals surface area contributed by atoms with Crippen LogP contribution in [0.3, 0.4) is 0 Å².